The molecule has 2 heterocycles. The topological polar surface area (TPSA) is 77.7 Å². The van der Waals surface area contributed by atoms with Gasteiger partial charge in [0.25, 0.3) is 0 Å². The molecule has 3 atom stereocenters. The summed E-state index contributed by atoms with van der Waals surface area (Å²) < 4.78 is 30.3. The number of ether oxygens (including phenoxy) is 2. The van der Waals surface area contributed by atoms with Crippen LogP contribution in [0.3, 0.4) is 0 Å². The highest BCUT2D eigenvalue weighted by Crippen LogP contribution is 2.49. The fourth-order valence-electron chi connectivity index (χ4n) is 4.60. The third-order valence-electron chi connectivity index (χ3n) is 6.37. The summed E-state index contributed by atoms with van der Waals surface area (Å²) in [6.07, 6.45) is 5.28. The van der Waals surface area contributed by atoms with Gasteiger partial charge in [-0.05, 0) is 54.8 Å². The Bertz CT molecular complexity index is 878. The van der Waals surface area contributed by atoms with Crippen molar-refractivity contribution in [2.24, 2.45) is 17.8 Å². The lowest BCUT2D eigenvalue weighted by Crippen LogP contribution is -2.34. The third kappa shape index (κ3) is 5.42. The minimum Gasteiger partial charge on any atom is -0.493 e. The van der Waals surface area contributed by atoms with Gasteiger partial charge >= 0.3 is 6.01 Å². The summed E-state index contributed by atoms with van der Waals surface area (Å²) >= 11 is 0. The average molecular weight is 449 g/mol. The highest BCUT2D eigenvalue weighted by Gasteiger charge is 2.43. The van der Waals surface area contributed by atoms with E-state index < -0.39 is 0 Å². The lowest BCUT2D eigenvalue weighted by Gasteiger charge is -2.30. The van der Waals surface area contributed by atoms with Crippen molar-refractivity contribution in [2.75, 3.05) is 31.7 Å². The zero-order valence-electron chi connectivity index (χ0n) is 17.8. The Hall–Kier alpha value is -2.05. The number of hydrogen-bond donors (Lipinski definition) is 0. The molecule has 1 aromatic carbocycles. The van der Waals surface area contributed by atoms with Gasteiger partial charge < -0.3 is 23.7 Å². The van der Waals surface area contributed by atoms with E-state index in [-0.39, 0.29) is 12.2 Å². The summed E-state index contributed by atoms with van der Waals surface area (Å²) in [6.45, 7) is 2.81. The minimum absolute atomic E-state index is 0.0777. The van der Waals surface area contributed by atoms with E-state index in [9.17, 15) is 9.18 Å². The number of rotatable bonds is 10. The number of aldehydes is 1. The summed E-state index contributed by atoms with van der Waals surface area (Å²) in [5.74, 6) is 2.87. The van der Waals surface area contributed by atoms with E-state index in [0.717, 1.165) is 44.2 Å². The van der Waals surface area contributed by atoms with Gasteiger partial charge in [0.1, 0.15) is 24.5 Å². The van der Waals surface area contributed by atoms with Crippen LogP contribution in [0.1, 0.15) is 37.1 Å². The number of nitrogens with zero attached hydrogens (tertiary/aromatic N) is 3. The summed E-state index contributed by atoms with van der Waals surface area (Å²) in [5.41, 5.74) is 0.413. The first-order chi connectivity index (χ1) is 15.1. The van der Waals surface area contributed by atoms with Crippen LogP contribution in [0.4, 0.5) is 10.4 Å². The molecule has 0 bridgehead atoms. The molecular formula is C22H29FN3O4P. The van der Waals surface area contributed by atoms with Crippen molar-refractivity contribution in [1.82, 2.24) is 10.1 Å². The average Bonchev–Trinajstić information content (AvgIpc) is 3.38. The molecule has 1 saturated carbocycles. The van der Waals surface area contributed by atoms with E-state index in [4.69, 9.17) is 14.0 Å². The van der Waals surface area contributed by atoms with E-state index in [1.54, 1.807) is 13.2 Å². The standard InChI is InChI=1S/C22H29FN3O4P/c1-28-13-21-24-22(30-25-21)26-6-2-14(3-7-26)18-10-15(18)5-9-29-16-11-19(23)17(4-8-27)20(31)12-16/h8,11-12,14-15,18H,2-7,9-10,13,31H2,1H3. The molecule has 7 nitrogen and oxygen atoms in total. The molecule has 2 fully saturated rings. The first kappa shape index (κ1) is 22.2. The molecule has 4 rings (SSSR count). The van der Waals surface area contributed by atoms with E-state index in [0.29, 0.717) is 53.9 Å². The Kier molecular flexibility index (Phi) is 7.18. The molecule has 2 aliphatic rings. The minimum atomic E-state index is -0.388. The fourth-order valence-corrected chi connectivity index (χ4v) is 5.02. The molecule has 1 aromatic heterocycles. The maximum Gasteiger partial charge on any atom is 0.324 e. The van der Waals surface area contributed by atoms with Crippen LogP contribution in [0.25, 0.3) is 0 Å². The predicted octanol–water partition coefficient (Wildman–Crippen LogP) is 2.92. The summed E-state index contributed by atoms with van der Waals surface area (Å²) in [5, 5.41) is 4.61. The van der Waals surface area contributed by atoms with Crippen LogP contribution in [0.15, 0.2) is 16.7 Å². The van der Waals surface area contributed by atoms with Crippen LogP contribution in [0.5, 0.6) is 5.75 Å². The molecule has 0 amide bonds. The maximum absolute atomic E-state index is 14.1. The smallest absolute Gasteiger partial charge is 0.324 e. The Labute approximate surface area is 183 Å². The molecule has 1 aliphatic heterocycles. The largest absolute Gasteiger partial charge is 0.493 e. The number of aromatic nitrogens is 2. The van der Waals surface area contributed by atoms with Gasteiger partial charge in [0.05, 0.1) is 6.61 Å². The lowest BCUT2D eigenvalue weighted by atomic mass is 9.90. The van der Waals surface area contributed by atoms with Gasteiger partial charge in [0.15, 0.2) is 5.82 Å². The Morgan fingerprint density at radius 2 is 2.16 bits per heavy atom. The number of hydrogen-bond acceptors (Lipinski definition) is 7. The van der Waals surface area contributed by atoms with Gasteiger partial charge in [-0.25, -0.2) is 4.39 Å². The number of anilines is 1. The molecular weight excluding hydrogens is 420 g/mol. The first-order valence-corrected chi connectivity index (χ1v) is 11.4. The summed E-state index contributed by atoms with van der Waals surface area (Å²) in [7, 11) is 4.10. The summed E-state index contributed by atoms with van der Waals surface area (Å²) in [4.78, 5) is 17.2. The highest BCUT2D eigenvalue weighted by molar-refractivity contribution is 7.27. The van der Waals surface area contributed by atoms with E-state index in [1.807, 2.05) is 0 Å². The van der Waals surface area contributed by atoms with Gasteiger partial charge in [0.2, 0.25) is 0 Å². The zero-order chi connectivity index (χ0) is 21.8. The SMILES string of the molecule is COCc1noc(N2CCC(C3CC3CCOc3cc(F)c(CC=O)c(P)c3)CC2)n1. The number of benzene rings is 1. The number of halogens is 1. The fraction of sp³-hybridized carbons (Fsp3) is 0.591. The number of methoxy groups -OCH3 is 1. The van der Waals surface area contributed by atoms with Crippen molar-refractivity contribution in [3.8, 4) is 5.75 Å². The molecule has 1 saturated heterocycles. The molecule has 3 unspecified atom stereocenters. The monoisotopic (exact) mass is 449 g/mol. The van der Waals surface area contributed by atoms with Crippen molar-refractivity contribution < 1.29 is 23.2 Å². The third-order valence-corrected chi connectivity index (χ3v) is 6.89. The van der Waals surface area contributed by atoms with Crippen LogP contribution in [-0.4, -0.2) is 43.2 Å². The molecule has 0 spiro atoms. The number of carbonyl (C=O) groups is 1. The quantitative estimate of drug-likeness (QED) is 0.408. The van der Waals surface area contributed by atoms with Crippen LogP contribution < -0.4 is 14.9 Å². The van der Waals surface area contributed by atoms with Crippen LogP contribution in [0.2, 0.25) is 0 Å². The van der Waals surface area contributed by atoms with Gasteiger partial charge in [-0.3, -0.25) is 0 Å². The Morgan fingerprint density at radius 1 is 1.35 bits per heavy atom. The molecule has 0 radical (unpaired) electrons. The molecule has 0 N–H and O–H groups in total. The molecule has 31 heavy (non-hydrogen) atoms. The highest BCUT2D eigenvalue weighted by atomic mass is 31.0. The second-order valence-electron chi connectivity index (χ2n) is 8.39. The van der Waals surface area contributed by atoms with Crippen molar-refractivity contribution >= 4 is 26.8 Å². The Balaban J connectivity index is 1.19. The van der Waals surface area contributed by atoms with E-state index >= 15 is 0 Å². The van der Waals surface area contributed by atoms with E-state index in [1.165, 1.54) is 12.5 Å². The van der Waals surface area contributed by atoms with Crippen LogP contribution >= 0.6 is 9.24 Å². The molecule has 2 aromatic rings. The maximum atomic E-state index is 14.1. The number of carbonyl (C=O) groups excluding carboxylic acids is 1. The normalized spacial score (nSPS) is 21.3. The lowest BCUT2D eigenvalue weighted by molar-refractivity contribution is -0.107. The van der Waals surface area contributed by atoms with Gasteiger partial charge in [-0.15, -0.1) is 9.24 Å². The summed E-state index contributed by atoms with van der Waals surface area (Å²) in [6, 6.07) is 3.75. The van der Waals surface area contributed by atoms with Crippen LogP contribution in [-0.2, 0) is 22.6 Å². The molecule has 1 aliphatic carbocycles. The van der Waals surface area contributed by atoms with Gasteiger partial charge in [-0.2, -0.15) is 4.98 Å². The zero-order valence-corrected chi connectivity index (χ0v) is 18.9. The van der Waals surface area contributed by atoms with Crippen LogP contribution in [0, 0.1) is 23.6 Å². The van der Waals surface area contributed by atoms with Crippen molar-refractivity contribution in [1.29, 1.82) is 0 Å². The van der Waals surface area contributed by atoms with Crippen molar-refractivity contribution in [3.63, 3.8) is 0 Å². The molecule has 9 heteroatoms. The predicted molar refractivity (Wildman–Crippen MR) is 117 cm³/mol. The number of piperidine rings is 1. The van der Waals surface area contributed by atoms with E-state index in [2.05, 4.69) is 24.3 Å². The van der Waals surface area contributed by atoms with Crippen molar-refractivity contribution in [2.45, 2.75) is 38.7 Å². The van der Waals surface area contributed by atoms with Gasteiger partial charge in [0, 0.05) is 38.2 Å². The first-order valence-electron chi connectivity index (χ1n) is 10.8. The second-order valence-corrected chi connectivity index (χ2v) is 9.01. The second kappa shape index (κ2) is 10.0. The van der Waals surface area contributed by atoms with Crippen molar-refractivity contribution in [3.05, 3.63) is 29.3 Å². The Morgan fingerprint density at radius 3 is 2.87 bits per heavy atom. The van der Waals surface area contributed by atoms with Gasteiger partial charge in [-0.1, -0.05) is 5.16 Å². The molecule has 168 valence electrons.